The average Bonchev–Trinajstić information content (AvgIpc) is 3.22. The Balaban J connectivity index is 1.76. The van der Waals surface area contributed by atoms with Gasteiger partial charge in [0.05, 0.1) is 30.7 Å². The molecule has 154 valence electrons. The number of thiophene rings is 1. The molecule has 2 aliphatic rings. The molecule has 28 heavy (non-hydrogen) atoms. The first kappa shape index (κ1) is 20.8. The minimum absolute atomic E-state index is 0.0409. The first-order valence-electron chi connectivity index (χ1n) is 9.87. The van der Waals surface area contributed by atoms with E-state index < -0.39 is 5.92 Å². The third-order valence-electron chi connectivity index (χ3n) is 5.36. The highest BCUT2D eigenvalue weighted by molar-refractivity contribution is 7.17. The van der Waals surface area contributed by atoms with Gasteiger partial charge in [0.2, 0.25) is 11.8 Å². The SMILES string of the molecule is CCOC(=O)c1c(NC(=O)[C@H]2CC(=O)N([C@@H](C)COC)C2)sc2c1CCCC2. The lowest BCUT2D eigenvalue weighted by molar-refractivity contribution is -0.130. The molecule has 0 radical (unpaired) electrons. The average molecular weight is 409 g/mol. The normalized spacial score (nSPS) is 20.0. The molecule has 2 amide bonds. The van der Waals surface area contributed by atoms with Crippen LogP contribution < -0.4 is 5.32 Å². The maximum Gasteiger partial charge on any atom is 0.341 e. The van der Waals surface area contributed by atoms with E-state index in [-0.39, 0.29) is 30.2 Å². The van der Waals surface area contributed by atoms with E-state index in [1.165, 1.54) is 11.3 Å². The highest BCUT2D eigenvalue weighted by Gasteiger charge is 2.37. The fourth-order valence-corrected chi connectivity index (χ4v) is 5.23. The van der Waals surface area contributed by atoms with Crippen LogP contribution in [0.25, 0.3) is 0 Å². The molecule has 1 saturated heterocycles. The number of nitrogens with zero attached hydrogens (tertiary/aromatic N) is 1. The standard InChI is InChI=1S/C20H28N2O5S/c1-4-27-20(25)17-14-7-5-6-8-15(14)28-19(17)21-18(24)13-9-16(23)22(10-13)12(2)11-26-3/h12-13H,4-11H2,1-3H3,(H,21,24)/t12-,13-/m0/s1. The molecule has 7 nitrogen and oxygen atoms in total. The summed E-state index contributed by atoms with van der Waals surface area (Å²) >= 11 is 1.47. The van der Waals surface area contributed by atoms with Crippen molar-refractivity contribution in [3.8, 4) is 0 Å². The van der Waals surface area contributed by atoms with Gasteiger partial charge < -0.3 is 19.7 Å². The first-order chi connectivity index (χ1) is 13.5. The number of ether oxygens (including phenoxy) is 2. The number of amides is 2. The van der Waals surface area contributed by atoms with Crippen LogP contribution in [0, 0.1) is 5.92 Å². The Morgan fingerprint density at radius 2 is 2.07 bits per heavy atom. The van der Waals surface area contributed by atoms with Crippen LogP contribution in [0.3, 0.4) is 0 Å². The van der Waals surface area contributed by atoms with Gasteiger partial charge in [-0.2, -0.15) is 0 Å². The summed E-state index contributed by atoms with van der Waals surface area (Å²) in [5.74, 6) is -1.07. The Bertz CT molecular complexity index is 760. The van der Waals surface area contributed by atoms with Gasteiger partial charge in [0.25, 0.3) is 0 Å². The van der Waals surface area contributed by atoms with E-state index >= 15 is 0 Å². The highest BCUT2D eigenvalue weighted by Crippen LogP contribution is 2.39. The van der Waals surface area contributed by atoms with E-state index in [1.54, 1.807) is 18.9 Å². The Morgan fingerprint density at radius 3 is 2.79 bits per heavy atom. The lowest BCUT2D eigenvalue weighted by Crippen LogP contribution is -2.38. The quantitative estimate of drug-likeness (QED) is 0.701. The van der Waals surface area contributed by atoms with Crippen LogP contribution in [0.2, 0.25) is 0 Å². The van der Waals surface area contributed by atoms with Crippen molar-refractivity contribution in [3.63, 3.8) is 0 Å². The van der Waals surface area contributed by atoms with Crippen LogP contribution in [-0.2, 0) is 31.9 Å². The largest absolute Gasteiger partial charge is 0.462 e. The second kappa shape index (κ2) is 9.05. The summed E-state index contributed by atoms with van der Waals surface area (Å²) in [6.45, 7) is 4.78. The molecular weight excluding hydrogens is 380 g/mol. The van der Waals surface area contributed by atoms with Gasteiger partial charge in [-0.05, 0) is 45.1 Å². The molecule has 1 fully saturated rings. The summed E-state index contributed by atoms with van der Waals surface area (Å²) in [7, 11) is 1.59. The van der Waals surface area contributed by atoms with Gasteiger partial charge in [0, 0.05) is 25.0 Å². The van der Waals surface area contributed by atoms with E-state index in [4.69, 9.17) is 9.47 Å². The van der Waals surface area contributed by atoms with Gasteiger partial charge >= 0.3 is 5.97 Å². The van der Waals surface area contributed by atoms with Crippen LogP contribution >= 0.6 is 11.3 Å². The zero-order valence-corrected chi connectivity index (χ0v) is 17.5. The van der Waals surface area contributed by atoms with Crippen LogP contribution in [0.1, 0.15) is 53.9 Å². The summed E-state index contributed by atoms with van der Waals surface area (Å²) in [6, 6.07) is -0.0700. The van der Waals surface area contributed by atoms with Gasteiger partial charge in [-0.1, -0.05) is 0 Å². The van der Waals surface area contributed by atoms with Crippen molar-refractivity contribution in [3.05, 3.63) is 16.0 Å². The smallest absolute Gasteiger partial charge is 0.341 e. The molecule has 8 heteroatoms. The molecule has 1 aromatic heterocycles. The Morgan fingerprint density at radius 1 is 1.32 bits per heavy atom. The topological polar surface area (TPSA) is 84.9 Å². The second-order valence-electron chi connectivity index (χ2n) is 7.38. The van der Waals surface area contributed by atoms with Crippen molar-refractivity contribution in [2.24, 2.45) is 5.92 Å². The number of aryl methyl sites for hydroxylation is 1. The summed E-state index contributed by atoms with van der Waals surface area (Å²) in [5, 5.41) is 3.49. The van der Waals surface area contributed by atoms with Gasteiger partial charge in [-0.25, -0.2) is 4.79 Å². The Kier molecular flexibility index (Phi) is 6.72. The lowest BCUT2D eigenvalue weighted by Gasteiger charge is -2.23. The van der Waals surface area contributed by atoms with Crippen LogP contribution in [0.15, 0.2) is 0 Å². The van der Waals surface area contributed by atoms with Crippen molar-refractivity contribution in [2.75, 3.05) is 32.2 Å². The molecule has 3 rings (SSSR count). The number of fused-ring (bicyclic) bond motifs is 1. The summed E-state index contributed by atoms with van der Waals surface area (Å²) in [6.07, 6.45) is 4.06. The van der Waals surface area contributed by atoms with E-state index in [9.17, 15) is 14.4 Å². The fraction of sp³-hybridized carbons (Fsp3) is 0.650. The van der Waals surface area contributed by atoms with Crippen molar-refractivity contribution >= 4 is 34.1 Å². The molecule has 1 aliphatic heterocycles. The highest BCUT2D eigenvalue weighted by atomic mass is 32.1. The lowest BCUT2D eigenvalue weighted by atomic mass is 9.95. The molecule has 1 aromatic rings. The summed E-state index contributed by atoms with van der Waals surface area (Å²) in [5.41, 5.74) is 1.52. The number of hydrogen-bond acceptors (Lipinski definition) is 6. The van der Waals surface area contributed by atoms with Crippen LogP contribution in [-0.4, -0.2) is 55.6 Å². The number of rotatable bonds is 7. The predicted molar refractivity (Wildman–Crippen MR) is 107 cm³/mol. The van der Waals surface area contributed by atoms with Gasteiger partial charge in [-0.15, -0.1) is 11.3 Å². The third-order valence-corrected chi connectivity index (χ3v) is 6.56. The minimum Gasteiger partial charge on any atom is -0.462 e. The first-order valence-corrected chi connectivity index (χ1v) is 10.7. The van der Waals surface area contributed by atoms with E-state index in [0.717, 1.165) is 36.1 Å². The Labute approximate surface area is 169 Å². The maximum absolute atomic E-state index is 12.9. The van der Waals surface area contributed by atoms with Gasteiger partial charge in [0.15, 0.2) is 0 Å². The van der Waals surface area contributed by atoms with E-state index in [2.05, 4.69) is 5.32 Å². The molecule has 2 atom stereocenters. The number of hydrogen-bond donors (Lipinski definition) is 1. The number of esters is 1. The molecule has 0 aromatic carbocycles. The molecular formula is C20H28N2O5S. The van der Waals surface area contributed by atoms with Crippen molar-refractivity contribution in [1.29, 1.82) is 0 Å². The second-order valence-corrected chi connectivity index (χ2v) is 8.48. The molecule has 0 spiro atoms. The van der Waals surface area contributed by atoms with Crippen LogP contribution in [0.5, 0.6) is 0 Å². The molecule has 1 N–H and O–H groups in total. The zero-order valence-electron chi connectivity index (χ0n) is 16.7. The molecule has 0 bridgehead atoms. The van der Waals surface area contributed by atoms with E-state index in [1.807, 2.05) is 6.92 Å². The number of methoxy groups -OCH3 is 1. The van der Waals surface area contributed by atoms with Crippen LogP contribution in [0.4, 0.5) is 5.00 Å². The summed E-state index contributed by atoms with van der Waals surface area (Å²) in [4.78, 5) is 40.5. The zero-order chi connectivity index (χ0) is 20.3. The van der Waals surface area contributed by atoms with Gasteiger partial charge in [-0.3, -0.25) is 9.59 Å². The molecule has 2 heterocycles. The molecule has 0 saturated carbocycles. The number of carbonyl (C=O) groups excluding carboxylic acids is 3. The number of likely N-dealkylation sites (tertiary alicyclic amines) is 1. The maximum atomic E-state index is 12.9. The Hall–Kier alpha value is -1.93. The summed E-state index contributed by atoms with van der Waals surface area (Å²) < 4.78 is 10.4. The minimum atomic E-state index is -0.430. The van der Waals surface area contributed by atoms with E-state index in [0.29, 0.717) is 30.3 Å². The van der Waals surface area contributed by atoms with Crippen molar-refractivity contribution in [2.45, 2.75) is 52.0 Å². The monoisotopic (exact) mass is 408 g/mol. The fourth-order valence-electron chi connectivity index (χ4n) is 3.95. The van der Waals surface area contributed by atoms with Crippen molar-refractivity contribution < 1.29 is 23.9 Å². The van der Waals surface area contributed by atoms with Crippen molar-refractivity contribution in [1.82, 2.24) is 4.90 Å². The predicted octanol–water partition coefficient (Wildman–Crippen LogP) is 2.63. The number of carbonyl (C=O) groups is 3. The molecule has 0 unspecified atom stereocenters. The third kappa shape index (κ3) is 4.22. The number of nitrogens with one attached hydrogen (secondary N) is 1. The number of anilines is 1. The van der Waals surface area contributed by atoms with Gasteiger partial charge in [0.1, 0.15) is 5.00 Å². The molecule has 1 aliphatic carbocycles.